The van der Waals surface area contributed by atoms with Gasteiger partial charge in [-0.05, 0) is 38.8 Å². The molecule has 0 atom stereocenters. The van der Waals surface area contributed by atoms with Crippen LogP contribution in [0, 0.1) is 0 Å². The van der Waals surface area contributed by atoms with Crippen LogP contribution in [0.2, 0.25) is 0 Å². The summed E-state index contributed by atoms with van der Waals surface area (Å²) in [6.45, 7) is 3.92. The third-order valence-corrected chi connectivity index (χ3v) is 4.74. The Labute approximate surface area is 114 Å². The monoisotopic (exact) mass is 284 g/mol. The van der Waals surface area contributed by atoms with Crippen LogP contribution in [0.25, 0.3) is 0 Å². The van der Waals surface area contributed by atoms with Crippen molar-refractivity contribution in [3.8, 4) is 5.75 Å². The van der Waals surface area contributed by atoms with E-state index in [2.05, 4.69) is 10.3 Å². The van der Waals surface area contributed by atoms with Crippen LogP contribution >= 0.6 is 0 Å². The Hall–Kier alpha value is -1.30. The molecule has 0 aromatic carbocycles. The molecule has 5 nitrogen and oxygen atoms in total. The van der Waals surface area contributed by atoms with Gasteiger partial charge in [0.05, 0.1) is 17.6 Å². The first-order valence-electron chi connectivity index (χ1n) is 6.55. The lowest BCUT2D eigenvalue weighted by Crippen LogP contribution is -2.32. The molecule has 0 spiro atoms. The van der Waals surface area contributed by atoms with Crippen molar-refractivity contribution in [2.45, 2.75) is 38.8 Å². The highest BCUT2D eigenvalue weighted by Crippen LogP contribution is 2.25. The van der Waals surface area contributed by atoms with Gasteiger partial charge in [0.2, 0.25) is 0 Å². The van der Waals surface area contributed by atoms with Gasteiger partial charge in [0.15, 0.2) is 11.6 Å². The van der Waals surface area contributed by atoms with Crippen LogP contribution in [0.4, 0.5) is 5.82 Å². The fourth-order valence-corrected chi connectivity index (χ4v) is 3.57. The van der Waals surface area contributed by atoms with E-state index in [9.17, 15) is 8.42 Å². The molecule has 1 aliphatic heterocycles. The highest BCUT2D eigenvalue weighted by Gasteiger charge is 2.24. The second-order valence-electron chi connectivity index (χ2n) is 5.09. The van der Waals surface area contributed by atoms with E-state index in [1.54, 1.807) is 6.20 Å². The van der Waals surface area contributed by atoms with E-state index < -0.39 is 9.84 Å². The van der Waals surface area contributed by atoms with E-state index >= 15 is 0 Å². The van der Waals surface area contributed by atoms with Crippen LogP contribution in [0.3, 0.4) is 0 Å². The zero-order valence-corrected chi connectivity index (χ0v) is 12.1. The number of hydrogen-bond acceptors (Lipinski definition) is 5. The van der Waals surface area contributed by atoms with E-state index in [4.69, 9.17) is 4.74 Å². The van der Waals surface area contributed by atoms with Gasteiger partial charge in [-0.15, -0.1) is 0 Å². The molecule has 1 aromatic heterocycles. The zero-order valence-electron chi connectivity index (χ0n) is 11.3. The zero-order chi connectivity index (χ0) is 13.9. The normalized spacial score (nSPS) is 19.3. The summed E-state index contributed by atoms with van der Waals surface area (Å²) in [5, 5.41) is 3.29. The Balaban J connectivity index is 2.03. The van der Waals surface area contributed by atoms with Crippen molar-refractivity contribution >= 4 is 15.7 Å². The molecule has 0 aliphatic carbocycles. The molecule has 1 N–H and O–H groups in total. The van der Waals surface area contributed by atoms with E-state index in [-0.39, 0.29) is 23.7 Å². The molecule has 6 heteroatoms. The number of anilines is 1. The molecule has 0 unspecified atom stereocenters. The summed E-state index contributed by atoms with van der Waals surface area (Å²) in [4.78, 5) is 4.28. The van der Waals surface area contributed by atoms with Gasteiger partial charge in [-0.2, -0.15) is 0 Å². The molecule has 1 aliphatic rings. The second-order valence-corrected chi connectivity index (χ2v) is 7.39. The smallest absolute Gasteiger partial charge is 0.168 e. The van der Waals surface area contributed by atoms with Crippen LogP contribution in [0.5, 0.6) is 5.75 Å². The van der Waals surface area contributed by atoms with E-state index in [1.807, 2.05) is 26.0 Å². The maximum absolute atomic E-state index is 11.4. The molecule has 0 amide bonds. The Kier molecular flexibility index (Phi) is 4.29. The van der Waals surface area contributed by atoms with Crippen molar-refractivity contribution in [1.29, 1.82) is 0 Å². The van der Waals surface area contributed by atoms with E-state index in [0.717, 1.165) is 0 Å². The first-order chi connectivity index (χ1) is 8.96. The first-order valence-corrected chi connectivity index (χ1v) is 8.37. The number of pyridine rings is 1. The van der Waals surface area contributed by atoms with Crippen LogP contribution in [0.1, 0.15) is 26.7 Å². The summed E-state index contributed by atoms with van der Waals surface area (Å²) in [7, 11) is -2.83. The standard InChI is InChI=1S/C13H20N2O3S/c1-10(2)18-12-4-3-7-14-13(12)15-11-5-8-19(16,17)9-6-11/h3-4,7,10-11H,5-6,8-9H2,1-2H3,(H,14,15). The van der Waals surface area contributed by atoms with Gasteiger partial charge in [-0.25, -0.2) is 13.4 Å². The van der Waals surface area contributed by atoms with Crippen molar-refractivity contribution in [3.63, 3.8) is 0 Å². The van der Waals surface area contributed by atoms with Crippen molar-refractivity contribution < 1.29 is 13.2 Å². The average molecular weight is 284 g/mol. The molecular weight excluding hydrogens is 264 g/mol. The molecule has 0 radical (unpaired) electrons. The SMILES string of the molecule is CC(C)Oc1cccnc1NC1CCS(=O)(=O)CC1. The van der Waals surface area contributed by atoms with Crippen LogP contribution in [0.15, 0.2) is 18.3 Å². The Morgan fingerprint density at radius 3 is 2.68 bits per heavy atom. The molecule has 0 saturated carbocycles. The quantitative estimate of drug-likeness (QED) is 0.914. The number of sulfone groups is 1. The summed E-state index contributed by atoms with van der Waals surface area (Å²) in [5.41, 5.74) is 0. The Morgan fingerprint density at radius 2 is 2.05 bits per heavy atom. The third-order valence-electron chi connectivity index (χ3n) is 3.03. The molecule has 2 heterocycles. The van der Waals surface area contributed by atoms with Gasteiger partial charge in [-0.3, -0.25) is 0 Å². The van der Waals surface area contributed by atoms with Crippen molar-refractivity contribution in [3.05, 3.63) is 18.3 Å². The topological polar surface area (TPSA) is 68.3 Å². The lowest BCUT2D eigenvalue weighted by Gasteiger charge is -2.24. The Morgan fingerprint density at radius 1 is 1.37 bits per heavy atom. The van der Waals surface area contributed by atoms with Gasteiger partial charge in [0, 0.05) is 12.2 Å². The van der Waals surface area contributed by atoms with Crippen molar-refractivity contribution in [2.24, 2.45) is 0 Å². The fourth-order valence-electron chi connectivity index (χ4n) is 2.08. The van der Waals surface area contributed by atoms with Crippen LogP contribution in [-0.4, -0.2) is 37.1 Å². The number of rotatable bonds is 4. The molecule has 1 fully saturated rings. The number of ether oxygens (including phenoxy) is 1. The predicted molar refractivity (Wildman–Crippen MR) is 75.3 cm³/mol. The van der Waals surface area contributed by atoms with Crippen LogP contribution < -0.4 is 10.1 Å². The van der Waals surface area contributed by atoms with E-state index in [1.165, 1.54) is 0 Å². The van der Waals surface area contributed by atoms with Gasteiger partial charge in [-0.1, -0.05) is 0 Å². The maximum atomic E-state index is 11.4. The highest BCUT2D eigenvalue weighted by atomic mass is 32.2. The molecule has 106 valence electrons. The average Bonchev–Trinajstić information content (AvgIpc) is 2.33. The summed E-state index contributed by atoms with van der Waals surface area (Å²) in [6.07, 6.45) is 3.03. The lowest BCUT2D eigenvalue weighted by atomic mass is 10.1. The fraction of sp³-hybridized carbons (Fsp3) is 0.615. The van der Waals surface area contributed by atoms with Crippen molar-refractivity contribution in [2.75, 3.05) is 16.8 Å². The summed E-state index contributed by atoms with van der Waals surface area (Å²) < 4.78 is 28.5. The van der Waals surface area contributed by atoms with Gasteiger partial charge in [0.25, 0.3) is 0 Å². The summed E-state index contributed by atoms with van der Waals surface area (Å²) in [5.74, 6) is 1.90. The minimum atomic E-state index is -2.83. The van der Waals surface area contributed by atoms with Crippen molar-refractivity contribution in [1.82, 2.24) is 4.98 Å². The summed E-state index contributed by atoms with van der Waals surface area (Å²) >= 11 is 0. The second kappa shape index (κ2) is 5.77. The molecule has 2 rings (SSSR count). The molecule has 1 aromatic rings. The molecule has 1 saturated heterocycles. The predicted octanol–water partition coefficient (Wildman–Crippen LogP) is 1.86. The van der Waals surface area contributed by atoms with Gasteiger partial charge in [0.1, 0.15) is 9.84 Å². The first kappa shape index (κ1) is 14.1. The summed E-state index contributed by atoms with van der Waals surface area (Å²) in [6, 6.07) is 3.84. The number of aromatic nitrogens is 1. The van der Waals surface area contributed by atoms with Gasteiger partial charge >= 0.3 is 0 Å². The number of nitrogens with one attached hydrogen (secondary N) is 1. The minimum absolute atomic E-state index is 0.0801. The lowest BCUT2D eigenvalue weighted by molar-refractivity contribution is 0.242. The number of nitrogens with zero attached hydrogens (tertiary/aromatic N) is 1. The maximum Gasteiger partial charge on any atom is 0.168 e. The van der Waals surface area contributed by atoms with Crippen LogP contribution in [-0.2, 0) is 9.84 Å². The molecule has 0 bridgehead atoms. The van der Waals surface area contributed by atoms with E-state index in [0.29, 0.717) is 24.4 Å². The molecular formula is C13H20N2O3S. The Bertz CT molecular complexity index is 514. The molecule has 19 heavy (non-hydrogen) atoms. The third kappa shape index (κ3) is 4.09. The number of hydrogen-bond donors (Lipinski definition) is 1. The van der Waals surface area contributed by atoms with Gasteiger partial charge < -0.3 is 10.1 Å². The minimum Gasteiger partial charge on any atom is -0.487 e. The highest BCUT2D eigenvalue weighted by molar-refractivity contribution is 7.91. The largest absolute Gasteiger partial charge is 0.487 e.